The van der Waals surface area contributed by atoms with Crippen LogP contribution in [0.2, 0.25) is 0 Å². The Morgan fingerprint density at radius 3 is 2.72 bits per heavy atom. The van der Waals surface area contributed by atoms with Crippen LogP contribution in [0.25, 0.3) is 0 Å². The molecule has 1 saturated carbocycles. The second-order valence-corrected chi connectivity index (χ2v) is 6.70. The molecular formula is C18H21N3O4. The Morgan fingerprint density at radius 1 is 1.24 bits per heavy atom. The first-order chi connectivity index (χ1) is 12.0. The fourth-order valence-electron chi connectivity index (χ4n) is 3.32. The Hall–Kier alpha value is -2.70. The first kappa shape index (κ1) is 15.8. The summed E-state index contributed by atoms with van der Waals surface area (Å²) < 4.78 is 17.0. The molecule has 1 N–H and O–H groups in total. The van der Waals surface area contributed by atoms with Gasteiger partial charge in [0.1, 0.15) is 11.5 Å². The standard InChI is InChI=1S/C18H21N3O4/c1-12-9-14(20-25-12)11-21(2)17(22)19-13-5-6-15-16(10-13)24-18(23-15)7-3-4-8-18/h5-6,9-10H,3-4,7-8,11H2,1-2H3,(H,19,22). The zero-order chi connectivity index (χ0) is 17.4. The molecule has 1 spiro atoms. The molecular weight excluding hydrogens is 322 g/mol. The van der Waals surface area contributed by atoms with Gasteiger partial charge in [0.05, 0.1) is 6.54 Å². The summed E-state index contributed by atoms with van der Waals surface area (Å²) in [7, 11) is 1.71. The van der Waals surface area contributed by atoms with Crippen LogP contribution >= 0.6 is 0 Å². The Labute approximate surface area is 145 Å². The van der Waals surface area contributed by atoms with Crippen LogP contribution in [0.15, 0.2) is 28.8 Å². The molecule has 1 aliphatic heterocycles. The summed E-state index contributed by atoms with van der Waals surface area (Å²) in [5.41, 5.74) is 1.38. The Kier molecular flexibility index (Phi) is 3.78. The lowest BCUT2D eigenvalue weighted by molar-refractivity contribution is -0.0716. The van der Waals surface area contributed by atoms with Gasteiger partial charge in [-0.3, -0.25) is 0 Å². The normalized spacial score (nSPS) is 17.0. The molecule has 132 valence electrons. The van der Waals surface area contributed by atoms with Crippen molar-refractivity contribution in [2.24, 2.45) is 0 Å². The molecule has 2 aromatic rings. The second-order valence-electron chi connectivity index (χ2n) is 6.70. The molecule has 1 aliphatic carbocycles. The van der Waals surface area contributed by atoms with Crippen molar-refractivity contribution in [3.63, 3.8) is 0 Å². The van der Waals surface area contributed by atoms with Crippen molar-refractivity contribution in [3.05, 3.63) is 35.7 Å². The molecule has 0 radical (unpaired) electrons. The average Bonchev–Trinajstić information content (AvgIpc) is 3.28. The second kappa shape index (κ2) is 5.98. The Morgan fingerprint density at radius 2 is 2.00 bits per heavy atom. The molecule has 7 nitrogen and oxygen atoms in total. The zero-order valence-electron chi connectivity index (χ0n) is 14.4. The summed E-state index contributed by atoms with van der Waals surface area (Å²) >= 11 is 0. The van der Waals surface area contributed by atoms with Crippen molar-refractivity contribution in [1.29, 1.82) is 0 Å². The van der Waals surface area contributed by atoms with Crippen LogP contribution in [0.4, 0.5) is 10.5 Å². The van der Waals surface area contributed by atoms with Crippen LogP contribution in [0.3, 0.4) is 0 Å². The molecule has 0 atom stereocenters. The molecule has 2 heterocycles. The number of nitrogens with zero attached hydrogens (tertiary/aromatic N) is 2. The van der Waals surface area contributed by atoms with E-state index in [1.54, 1.807) is 11.9 Å². The summed E-state index contributed by atoms with van der Waals surface area (Å²) in [4.78, 5) is 13.9. The molecule has 0 saturated heterocycles. The van der Waals surface area contributed by atoms with E-state index in [2.05, 4.69) is 10.5 Å². The number of carbonyl (C=O) groups is 1. The number of aryl methyl sites for hydroxylation is 1. The molecule has 2 aliphatic rings. The van der Waals surface area contributed by atoms with Gasteiger partial charge in [-0.05, 0) is 31.9 Å². The number of rotatable bonds is 3. The third kappa shape index (κ3) is 3.14. The predicted octanol–water partition coefficient (Wildman–Crippen LogP) is 3.69. The molecule has 0 unspecified atom stereocenters. The van der Waals surface area contributed by atoms with Crippen molar-refractivity contribution in [2.75, 3.05) is 12.4 Å². The van der Waals surface area contributed by atoms with Crippen LogP contribution in [0, 0.1) is 6.92 Å². The molecule has 1 aromatic heterocycles. The molecule has 0 bridgehead atoms. The number of benzene rings is 1. The van der Waals surface area contributed by atoms with E-state index in [-0.39, 0.29) is 6.03 Å². The highest BCUT2D eigenvalue weighted by Gasteiger charge is 2.44. The van der Waals surface area contributed by atoms with Gasteiger partial charge in [0.15, 0.2) is 11.5 Å². The molecule has 25 heavy (non-hydrogen) atoms. The molecule has 1 fully saturated rings. The highest BCUT2D eigenvalue weighted by atomic mass is 16.7. The number of hydrogen-bond acceptors (Lipinski definition) is 5. The number of fused-ring (bicyclic) bond motifs is 1. The van der Waals surface area contributed by atoms with Gasteiger partial charge >= 0.3 is 6.03 Å². The first-order valence-corrected chi connectivity index (χ1v) is 8.49. The number of aromatic nitrogens is 1. The van der Waals surface area contributed by atoms with Gasteiger partial charge in [-0.15, -0.1) is 0 Å². The van der Waals surface area contributed by atoms with E-state index in [1.807, 2.05) is 31.2 Å². The van der Waals surface area contributed by atoms with Crippen LogP contribution in [0.1, 0.15) is 37.1 Å². The lowest BCUT2D eigenvalue weighted by Crippen LogP contribution is -2.34. The smallest absolute Gasteiger partial charge is 0.321 e. The largest absolute Gasteiger partial charge is 0.448 e. The van der Waals surface area contributed by atoms with E-state index < -0.39 is 5.79 Å². The molecule has 4 rings (SSSR count). The highest BCUT2D eigenvalue weighted by molar-refractivity contribution is 5.89. The van der Waals surface area contributed by atoms with Crippen LogP contribution in [0.5, 0.6) is 11.5 Å². The fourth-order valence-corrected chi connectivity index (χ4v) is 3.32. The third-order valence-corrected chi connectivity index (χ3v) is 4.57. The zero-order valence-corrected chi connectivity index (χ0v) is 14.4. The summed E-state index contributed by atoms with van der Waals surface area (Å²) in [6, 6.07) is 7.07. The van der Waals surface area contributed by atoms with E-state index in [1.165, 1.54) is 0 Å². The number of anilines is 1. The number of amides is 2. The number of carbonyl (C=O) groups excluding carboxylic acids is 1. The summed E-state index contributed by atoms with van der Waals surface area (Å²) in [6.07, 6.45) is 4.04. The van der Waals surface area contributed by atoms with Gasteiger partial charge in [0.25, 0.3) is 5.79 Å². The Balaban J connectivity index is 1.41. The van der Waals surface area contributed by atoms with Crippen LogP contribution < -0.4 is 14.8 Å². The van der Waals surface area contributed by atoms with Crippen molar-refractivity contribution in [2.45, 2.75) is 44.9 Å². The van der Waals surface area contributed by atoms with Crippen molar-refractivity contribution < 1.29 is 18.8 Å². The van der Waals surface area contributed by atoms with Gasteiger partial charge in [0, 0.05) is 37.7 Å². The van der Waals surface area contributed by atoms with Gasteiger partial charge < -0.3 is 24.2 Å². The summed E-state index contributed by atoms with van der Waals surface area (Å²) in [5, 5.41) is 6.77. The maximum atomic E-state index is 12.4. The monoisotopic (exact) mass is 343 g/mol. The highest BCUT2D eigenvalue weighted by Crippen LogP contribution is 2.47. The maximum Gasteiger partial charge on any atom is 0.321 e. The fraction of sp³-hybridized carbons (Fsp3) is 0.444. The summed E-state index contributed by atoms with van der Waals surface area (Å²) in [6.45, 7) is 2.19. The number of urea groups is 1. The number of nitrogens with one attached hydrogen (secondary N) is 1. The number of ether oxygens (including phenoxy) is 2. The SMILES string of the molecule is Cc1cc(CN(C)C(=O)Nc2ccc3c(c2)OC2(CCCC2)O3)no1. The van der Waals surface area contributed by atoms with E-state index in [0.717, 1.165) is 37.2 Å². The number of hydrogen-bond donors (Lipinski definition) is 1. The van der Waals surface area contributed by atoms with Crippen LogP contribution in [-0.2, 0) is 6.54 Å². The maximum absolute atomic E-state index is 12.4. The minimum Gasteiger partial charge on any atom is -0.448 e. The molecule has 7 heteroatoms. The van der Waals surface area contributed by atoms with Crippen LogP contribution in [-0.4, -0.2) is 28.9 Å². The predicted molar refractivity (Wildman–Crippen MR) is 90.6 cm³/mol. The lowest BCUT2D eigenvalue weighted by atomic mass is 10.2. The van der Waals surface area contributed by atoms with Gasteiger partial charge in [0.2, 0.25) is 0 Å². The summed E-state index contributed by atoms with van der Waals surface area (Å²) in [5.74, 6) is 1.66. The van der Waals surface area contributed by atoms with E-state index in [4.69, 9.17) is 14.0 Å². The van der Waals surface area contributed by atoms with Gasteiger partial charge in [-0.1, -0.05) is 5.16 Å². The molecule has 2 amide bonds. The Bertz CT molecular complexity index is 795. The minimum absolute atomic E-state index is 0.227. The van der Waals surface area contributed by atoms with Crippen molar-refractivity contribution in [1.82, 2.24) is 10.1 Å². The quantitative estimate of drug-likeness (QED) is 0.920. The van der Waals surface area contributed by atoms with Crippen molar-refractivity contribution in [3.8, 4) is 11.5 Å². The van der Waals surface area contributed by atoms with Crippen molar-refractivity contribution >= 4 is 11.7 Å². The van der Waals surface area contributed by atoms with E-state index in [9.17, 15) is 4.79 Å². The minimum atomic E-state index is -0.493. The average molecular weight is 343 g/mol. The third-order valence-electron chi connectivity index (χ3n) is 4.57. The van der Waals surface area contributed by atoms with Gasteiger partial charge in [-0.25, -0.2) is 4.79 Å². The molecule has 1 aromatic carbocycles. The topological polar surface area (TPSA) is 76.8 Å². The van der Waals surface area contributed by atoms with Gasteiger partial charge in [-0.2, -0.15) is 0 Å². The lowest BCUT2D eigenvalue weighted by Gasteiger charge is -2.21. The van der Waals surface area contributed by atoms with E-state index >= 15 is 0 Å². The van der Waals surface area contributed by atoms with E-state index in [0.29, 0.717) is 23.7 Å². The first-order valence-electron chi connectivity index (χ1n) is 8.49.